The predicted molar refractivity (Wildman–Crippen MR) is 112 cm³/mol. The number of benzene rings is 1. The van der Waals surface area contributed by atoms with E-state index in [-0.39, 0.29) is 5.56 Å². The molecule has 0 aromatic heterocycles. The maximum atomic E-state index is 11.4. The topological polar surface area (TPSA) is 66.6 Å². The zero-order valence-electron chi connectivity index (χ0n) is 16.8. The van der Waals surface area contributed by atoms with E-state index >= 15 is 0 Å². The first-order chi connectivity index (χ1) is 12.6. The Balaban J connectivity index is 2.10. The molecule has 0 aliphatic rings. The van der Waals surface area contributed by atoms with Crippen LogP contribution in [0.15, 0.2) is 18.2 Å². The molecule has 0 unspecified atom stereocenters. The number of anilines is 2. The predicted octanol–water partition coefficient (Wildman–Crippen LogP) is 6.10. The van der Waals surface area contributed by atoms with E-state index in [0.29, 0.717) is 5.69 Å². The Morgan fingerprint density at radius 2 is 1.42 bits per heavy atom. The van der Waals surface area contributed by atoms with Crippen molar-refractivity contribution in [2.75, 3.05) is 24.2 Å². The average molecular weight is 363 g/mol. The zero-order valence-corrected chi connectivity index (χ0v) is 16.8. The molecule has 148 valence electrons. The molecule has 0 fully saturated rings. The second-order valence-corrected chi connectivity index (χ2v) is 7.39. The van der Waals surface area contributed by atoms with E-state index < -0.39 is 5.97 Å². The summed E-state index contributed by atoms with van der Waals surface area (Å²) in [5.41, 5.74) is 7.22. The van der Waals surface area contributed by atoms with Gasteiger partial charge in [-0.15, -0.1) is 0 Å². The minimum absolute atomic E-state index is 0.284. The highest BCUT2D eigenvalue weighted by Gasteiger charge is 2.13. The van der Waals surface area contributed by atoms with Crippen molar-refractivity contribution in [3.05, 3.63) is 23.8 Å². The van der Waals surface area contributed by atoms with Crippen molar-refractivity contribution in [3.63, 3.8) is 0 Å². The summed E-state index contributed by atoms with van der Waals surface area (Å²) in [6.45, 7) is 3.14. The fraction of sp³-hybridized carbons (Fsp3) is 0.682. The van der Waals surface area contributed by atoms with Crippen LogP contribution >= 0.6 is 0 Å². The molecule has 1 rings (SSSR count). The van der Waals surface area contributed by atoms with Crippen LogP contribution in [0.4, 0.5) is 11.4 Å². The lowest BCUT2D eigenvalue weighted by Crippen LogP contribution is -2.21. The number of nitrogens with zero attached hydrogens (tertiary/aromatic N) is 1. The van der Waals surface area contributed by atoms with Crippen molar-refractivity contribution < 1.29 is 9.90 Å². The first-order valence-corrected chi connectivity index (χ1v) is 10.4. The van der Waals surface area contributed by atoms with Crippen LogP contribution < -0.4 is 10.6 Å². The monoisotopic (exact) mass is 362 g/mol. The molecule has 0 saturated carbocycles. The van der Waals surface area contributed by atoms with Crippen molar-refractivity contribution >= 4 is 17.3 Å². The molecule has 0 saturated heterocycles. The molecule has 0 spiro atoms. The zero-order chi connectivity index (χ0) is 19.2. The van der Waals surface area contributed by atoms with E-state index in [2.05, 4.69) is 6.92 Å². The lowest BCUT2D eigenvalue weighted by atomic mass is 10.1. The van der Waals surface area contributed by atoms with Gasteiger partial charge in [0.15, 0.2) is 0 Å². The maximum Gasteiger partial charge on any atom is 0.337 e. The van der Waals surface area contributed by atoms with Gasteiger partial charge in [0.1, 0.15) is 0 Å². The fourth-order valence-electron chi connectivity index (χ4n) is 3.37. The number of aromatic carboxylic acids is 1. The van der Waals surface area contributed by atoms with Crippen molar-refractivity contribution in [1.29, 1.82) is 0 Å². The number of nitrogen functional groups attached to an aromatic ring is 1. The van der Waals surface area contributed by atoms with Gasteiger partial charge in [-0.1, -0.05) is 77.6 Å². The van der Waals surface area contributed by atoms with E-state index in [4.69, 9.17) is 5.73 Å². The Kier molecular flexibility index (Phi) is 11.6. The molecule has 4 heteroatoms. The summed E-state index contributed by atoms with van der Waals surface area (Å²) in [6.07, 6.45) is 15.9. The summed E-state index contributed by atoms with van der Waals surface area (Å²) in [4.78, 5) is 13.4. The van der Waals surface area contributed by atoms with Gasteiger partial charge in [0.2, 0.25) is 0 Å². The Morgan fingerprint density at radius 1 is 0.923 bits per heavy atom. The normalized spacial score (nSPS) is 10.8. The van der Waals surface area contributed by atoms with Crippen LogP contribution in [0.3, 0.4) is 0 Å². The molecular formula is C22H38N2O2. The smallest absolute Gasteiger partial charge is 0.337 e. The lowest BCUT2D eigenvalue weighted by Gasteiger charge is -2.21. The second kappa shape index (κ2) is 13.5. The number of carbonyl (C=O) groups is 1. The summed E-state index contributed by atoms with van der Waals surface area (Å²) in [7, 11) is 1.95. The van der Waals surface area contributed by atoms with Gasteiger partial charge in [0.25, 0.3) is 0 Å². The van der Waals surface area contributed by atoms with Gasteiger partial charge in [-0.25, -0.2) is 4.79 Å². The molecule has 0 aliphatic carbocycles. The lowest BCUT2D eigenvalue weighted by molar-refractivity contribution is 0.0697. The van der Waals surface area contributed by atoms with E-state index in [1.54, 1.807) is 12.1 Å². The molecule has 4 nitrogen and oxygen atoms in total. The van der Waals surface area contributed by atoms with Crippen LogP contribution in [0.1, 0.15) is 94.3 Å². The standard InChI is InChI=1S/C22H38N2O2/c1-3-4-5-6-7-8-9-10-11-12-13-14-17-24(2)21-16-15-19(23)18-20(21)22(25)26/h15-16,18H,3-14,17,23H2,1-2H3,(H,25,26). The number of hydrogen-bond acceptors (Lipinski definition) is 3. The van der Waals surface area contributed by atoms with Crippen molar-refractivity contribution in [2.24, 2.45) is 0 Å². The highest BCUT2D eigenvalue weighted by Crippen LogP contribution is 2.23. The number of unbranched alkanes of at least 4 members (excludes halogenated alkanes) is 11. The van der Waals surface area contributed by atoms with Crippen LogP contribution in [0.5, 0.6) is 0 Å². The van der Waals surface area contributed by atoms with Gasteiger partial charge >= 0.3 is 5.97 Å². The molecular weight excluding hydrogens is 324 g/mol. The third-order valence-corrected chi connectivity index (χ3v) is 5.01. The summed E-state index contributed by atoms with van der Waals surface area (Å²) >= 11 is 0. The summed E-state index contributed by atoms with van der Waals surface area (Å²) in [5, 5.41) is 9.33. The van der Waals surface area contributed by atoms with Gasteiger partial charge in [0.05, 0.1) is 11.3 Å². The number of hydrogen-bond donors (Lipinski definition) is 2. The summed E-state index contributed by atoms with van der Waals surface area (Å²) in [6, 6.07) is 5.11. The molecule has 0 aliphatic heterocycles. The number of rotatable bonds is 15. The van der Waals surface area contributed by atoms with Crippen LogP contribution in [0.2, 0.25) is 0 Å². The highest BCUT2D eigenvalue weighted by atomic mass is 16.4. The van der Waals surface area contributed by atoms with Crippen molar-refractivity contribution in [2.45, 2.75) is 84.0 Å². The van der Waals surface area contributed by atoms with Crippen LogP contribution in [0.25, 0.3) is 0 Å². The van der Waals surface area contributed by atoms with Crippen LogP contribution in [-0.2, 0) is 0 Å². The summed E-state index contributed by atoms with van der Waals surface area (Å²) < 4.78 is 0. The van der Waals surface area contributed by atoms with Gasteiger partial charge < -0.3 is 15.7 Å². The quantitative estimate of drug-likeness (QED) is 0.292. The van der Waals surface area contributed by atoms with Crippen molar-refractivity contribution in [1.82, 2.24) is 0 Å². The third kappa shape index (κ3) is 9.12. The molecule has 3 N–H and O–H groups in total. The largest absolute Gasteiger partial charge is 0.478 e. The number of carboxylic acid groups (broad SMARTS) is 1. The number of carboxylic acids is 1. The van der Waals surface area contributed by atoms with Gasteiger partial charge in [-0.2, -0.15) is 0 Å². The van der Waals surface area contributed by atoms with Crippen LogP contribution in [0, 0.1) is 0 Å². The Hall–Kier alpha value is -1.71. The molecule has 0 atom stereocenters. The van der Waals surface area contributed by atoms with Gasteiger partial charge in [-0.3, -0.25) is 0 Å². The van der Waals surface area contributed by atoms with E-state index in [1.807, 2.05) is 11.9 Å². The molecule has 0 amide bonds. The summed E-state index contributed by atoms with van der Waals surface area (Å²) in [5.74, 6) is -0.922. The highest BCUT2D eigenvalue weighted by molar-refractivity contribution is 5.95. The Bertz CT molecular complexity index is 517. The van der Waals surface area contributed by atoms with Gasteiger partial charge in [0, 0.05) is 19.3 Å². The minimum atomic E-state index is -0.922. The molecule has 26 heavy (non-hydrogen) atoms. The van der Waals surface area contributed by atoms with Crippen molar-refractivity contribution in [3.8, 4) is 0 Å². The minimum Gasteiger partial charge on any atom is -0.478 e. The molecule has 1 aromatic rings. The maximum absolute atomic E-state index is 11.4. The Labute approximate surface area is 159 Å². The third-order valence-electron chi connectivity index (χ3n) is 5.01. The Morgan fingerprint density at radius 3 is 1.92 bits per heavy atom. The SMILES string of the molecule is CCCCCCCCCCCCCCN(C)c1ccc(N)cc1C(=O)O. The molecule has 0 bridgehead atoms. The van der Waals surface area contributed by atoms with E-state index in [1.165, 1.54) is 76.7 Å². The first kappa shape index (κ1) is 22.3. The second-order valence-electron chi connectivity index (χ2n) is 7.39. The first-order valence-electron chi connectivity index (χ1n) is 10.4. The van der Waals surface area contributed by atoms with E-state index in [0.717, 1.165) is 18.7 Å². The van der Waals surface area contributed by atoms with Crippen LogP contribution in [-0.4, -0.2) is 24.7 Å². The number of nitrogens with two attached hydrogens (primary N) is 1. The van der Waals surface area contributed by atoms with E-state index in [9.17, 15) is 9.90 Å². The van der Waals surface area contributed by atoms with Gasteiger partial charge in [-0.05, 0) is 24.6 Å². The molecule has 0 heterocycles. The average Bonchev–Trinajstić information content (AvgIpc) is 2.62. The fourth-order valence-corrected chi connectivity index (χ4v) is 3.37. The molecule has 0 radical (unpaired) electrons. The molecule has 1 aromatic carbocycles.